The molecule has 0 aliphatic carbocycles. The highest BCUT2D eigenvalue weighted by molar-refractivity contribution is 5.78. The Morgan fingerprint density at radius 1 is 1.06 bits per heavy atom. The van der Waals surface area contributed by atoms with Gasteiger partial charge in [-0.1, -0.05) is 12.1 Å². The molecule has 1 saturated heterocycles. The summed E-state index contributed by atoms with van der Waals surface area (Å²) in [4.78, 5) is 9.97. The first kappa shape index (κ1) is 19.3. The molecular formula is C23H24N6O2. The number of rotatable bonds is 6. The molecule has 0 saturated carbocycles. The second kappa shape index (κ2) is 8.61. The molecule has 8 nitrogen and oxygen atoms in total. The molecule has 158 valence electrons. The van der Waals surface area contributed by atoms with Gasteiger partial charge >= 0.3 is 0 Å². The van der Waals surface area contributed by atoms with Gasteiger partial charge in [0.2, 0.25) is 5.95 Å². The van der Waals surface area contributed by atoms with Crippen molar-refractivity contribution in [3.63, 3.8) is 0 Å². The fraction of sp³-hybridized carbons (Fsp3) is 0.261. The van der Waals surface area contributed by atoms with Gasteiger partial charge in [-0.3, -0.25) is 0 Å². The van der Waals surface area contributed by atoms with E-state index in [4.69, 9.17) is 4.74 Å². The van der Waals surface area contributed by atoms with Crippen molar-refractivity contribution in [2.24, 2.45) is 5.92 Å². The fourth-order valence-electron chi connectivity index (χ4n) is 3.82. The number of para-hydroxylation sites is 2. The number of fused-ring (bicyclic) bond motifs is 1. The lowest BCUT2D eigenvalue weighted by Gasteiger charge is -2.32. The zero-order chi connectivity index (χ0) is 21.0. The van der Waals surface area contributed by atoms with E-state index >= 15 is 0 Å². The minimum atomic E-state index is 0.242. The van der Waals surface area contributed by atoms with Crippen LogP contribution in [-0.2, 0) is 0 Å². The Labute approximate surface area is 179 Å². The summed E-state index contributed by atoms with van der Waals surface area (Å²) < 4.78 is 6.12. The number of benzene rings is 2. The Hall–Kier alpha value is -3.65. The van der Waals surface area contributed by atoms with E-state index in [-0.39, 0.29) is 6.61 Å². The summed E-state index contributed by atoms with van der Waals surface area (Å²) in [6.07, 6.45) is 3.51. The van der Waals surface area contributed by atoms with Gasteiger partial charge < -0.3 is 25.0 Å². The molecule has 0 atom stereocenters. The molecule has 0 amide bonds. The average molecular weight is 416 g/mol. The van der Waals surface area contributed by atoms with Gasteiger partial charge in [0.1, 0.15) is 5.75 Å². The topological polar surface area (TPSA) is 99.2 Å². The maximum Gasteiger partial charge on any atom is 0.205 e. The molecule has 31 heavy (non-hydrogen) atoms. The number of hydrogen-bond donors (Lipinski definition) is 3. The lowest BCUT2D eigenvalue weighted by Crippen LogP contribution is -2.35. The third-order valence-electron chi connectivity index (χ3n) is 5.57. The molecule has 3 N–H and O–H groups in total. The van der Waals surface area contributed by atoms with E-state index in [0.29, 0.717) is 17.6 Å². The van der Waals surface area contributed by atoms with E-state index in [1.54, 1.807) is 6.20 Å². The Balaban J connectivity index is 1.28. The predicted octanol–water partition coefficient (Wildman–Crippen LogP) is 4.10. The Bertz CT molecular complexity index is 1120. The molecule has 1 aliphatic rings. The molecule has 0 radical (unpaired) electrons. The van der Waals surface area contributed by atoms with Crippen LogP contribution in [0.4, 0.5) is 17.5 Å². The highest BCUT2D eigenvalue weighted by atomic mass is 16.5. The minimum Gasteiger partial charge on any atom is -0.453 e. The highest BCUT2D eigenvalue weighted by Crippen LogP contribution is 2.32. The number of H-pyrrole nitrogens is 1. The number of aromatic nitrogens is 4. The van der Waals surface area contributed by atoms with Crippen LogP contribution >= 0.6 is 0 Å². The number of piperidine rings is 1. The van der Waals surface area contributed by atoms with Crippen LogP contribution < -0.4 is 15.0 Å². The zero-order valence-corrected chi connectivity index (χ0v) is 17.0. The zero-order valence-electron chi connectivity index (χ0n) is 17.0. The molecule has 0 spiro atoms. The van der Waals surface area contributed by atoms with Crippen molar-refractivity contribution in [1.29, 1.82) is 0 Å². The van der Waals surface area contributed by atoms with Gasteiger partial charge in [-0.15, -0.1) is 5.10 Å². The number of nitrogens with one attached hydrogen (secondary N) is 2. The summed E-state index contributed by atoms with van der Waals surface area (Å²) in [7, 11) is 0. The van der Waals surface area contributed by atoms with E-state index in [1.807, 2.05) is 54.6 Å². The van der Waals surface area contributed by atoms with Gasteiger partial charge in [-0.2, -0.15) is 5.10 Å². The molecular weight excluding hydrogens is 392 g/mol. The van der Waals surface area contributed by atoms with Crippen molar-refractivity contribution in [2.45, 2.75) is 12.8 Å². The first-order valence-electron chi connectivity index (χ1n) is 10.5. The second-order valence-corrected chi connectivity index (χ2v) is 7.69. The highest BCUT2D eigenvalue weighted by Gasteiger charge is 2.22. The first-order chi connectivity index (χ1) is 15.3. The van der Waals surface area contributed by atoms with E-state index < -0.39 is 0 Å². The largest absolute Gasteiger partial charge is 0.453 e. The summed E-state index contributed by atoms with van der Waals surface area (Å²) in [5.41, 5.74) is 2.82. The van der Waals surface area contributed by atoms with E-state index in [9.17, 15) is 5.11 Å². The lowest BCUT2D eigenvalue weighted by molar-refractivity contribution is 0.202. The molecule has 1 fully saturated rings. The van der Waals surface area contributed by atoms with Crippen molar-refractivity contribution >= 4 is 28.5 Å². The average Bonchev–Trinajstić information content (AvgIpc) is 3.23. The lowest BCUT2D eigenvalue weighted by atomic mass is 9.98. The maximum atomic E-state index is 9.37. The van der Waals surface area contributed by atoms with Crippen LogP contribution in [0.1, 0.15) is 12.8 Å². The number of imidazole rings is 1. The van der Waals surface area contributed by atoms with Crippen LogP contribution in [0.2, 0.25) is 0 Å². The summed E-state index contributed by atoms with van der Waals surface area (Å²) >= 11 is 0. The van der Waals surface area contributed by atoms with Crippen LogP contribution in [0.25, 0.3) is 11.0 Å². The van der Waals surface area contributed by atoms with E-state index in [2.05, 4.69) is 30.4 Å². The summed E-state index contributed by atoms with van der Waals surface area (Å²) in [6, 6.07) is 17.5. The summed E-state index contributed by atoms with van der Waals surface area (Å²) in [5, 5.41) is 21.0. The smallest absolute Gasteiger partial charge is 0.205 e. The van der Waals surface area contributed by atoms with Gasteiger partial charge in [-0.25, -0.2) is 4.98 Å². The third-order valence-corrected chi connectivity index (χ3v) is 5.57. The summed E-state index contributed by atoms with van der Waals surface area (Å²) in [6.45, 7) is 1.91. The van der Waals surface area contributed by atoms with Gasteiger partial charge in [0.25, 0.3) is 0 Å². The Morgan fingerprint density at radius 2 is 1.87 bits per heavy atom. The fourth-order valence-corrected chi connectivity index (χ4v) is 3.82. The van der Waals surface area contributed by atoms with Crippen molar-refractivity contribution in [3.05, 3.63) is 60.8 Å². The first-order valence-corrected chi connectivity index (χ1v) is 10.5. The number of aliphatic hydroxyl groups is 1. The van der Waals surface area contributed by atoms with Gasteiger partial charge in [0.15, 0.2) is 11.6 Å². The van der Waals surface area contributed by atoms with Crippen LogP contribution in [0, 0.1) is 5.92 Å². The van der Waals surface area contributed by atoms with Gasteiger partial charge in [0, 0.05) is 31.5 Å². The molecule has 2 aromatic carbocycles. The SMILES string of the molecule is OCC1CCN(c2nnccc2Oc2ccc(Nc3nc4ccccc4[nH]3)cc2)CC1. The summed E-state index contributed by atoms with van der Waals surface area (Å²) in [5.74, 6) is 3.19. The quantitative estimate of drug-likeness (QED) is 0.435. The van der Waals surface area contributed by atoms with Crippen molar-refractivity contribution in [2.75, 3.05) is 29.9 Å². The molecule has 5 rings (SSSR count). The number of nitrogens with zero attached hydrogens (tertiary/aromatic N) is 4. The molecule has 0 unspecified atom stereocenters. The molecule has 4 aromatic rings. The monoisotopic (exact) mass is 416 g/mol. The van der Waals surface area contributed by atoms with E-state index in [1.165, 1.54) is 0 Å². The third kappa shape index (κ3) is 4.29. The van der Waals surface area contributed by atoms with Crippen LogP contribution in [0.5, 0.6) is 11.5 Å². The Kier molecular flexibility index (Phi) is 5.37. The van der Waals surface area contributed by atoms with Gasteiger partial charge in [-0.05, 0) is 55.2 Å². The molecule has 8 heteroatoms. The van der Waals surface area contributed by atoms with Crippen LogP contribution in [0.15, 0.2) is 60.8 Å². The number of hydrogen-bond acceptors (Lipinski definition) is 7. The standard InChI is InChI=1S/C23H24N6O2/c30-15-16-10-13-29(14-11-16)22-21(9-12-24-28-22)31-18-7-5-17(6-8-18)25-23-26-19-3-1-2-4-20(19)27-23/h1-9,12,16,30H,10-11,13-15H2,(H2,25,26,27). The number of aromatic amines is 1. The second-order valence-electron chi connectivity index (χ2n) is 7.69. The molecule has 2 aromatic heterocycles. The molecule has 0 bridgehead atoms. The molecule has 1 aliphatic heterocycles. The number of ether oxygens (including phenoxy) is 1. The van der Waals surface area contributed by atoms with Crippen molar-refractivity contribution in [1.82, 2.24) is 20.2 Å². The normalized spacial score (nSPS) is 14.7. The predicted molar refractivity (Wildman–Crippen MR) is 120 cm³/mol. The number of aliphatic hydroxyl groups excluding tert-OH is 1. The van der Waals surface area contributed by atoms with Crippen LogP contribution in [-0.4, -0.2) is 45.0 Å². The van der Waals surface area contributed by atoms with Crippen molar-refractivity contribution < 1.29 is 9.84 Å². The Morgan fingerprint density at radius 3 is 2.65 bits per heavy atom. The van der Waals surface area contributed by atoms with Crippen LogP contribution in [0.3, 0.4) is 0 Å². The maximum absolute atomic E-state index is 9.37. The van der Waals surface area contributed by atoms with Crippen molar-refractivity contribution in [3.8, 4) is 11.5 Å². The molecule has 3 heterocycles. The van der Waals surface area contributed by atoms with E-state index in [0.717, 1.165) is 54.2 Å². The van der Waals surface area contributed by atoms with Gasteiger partial charge in [0.05, 0.1) is 17.2 Å². The minimum absolute atomic E-state index is 0.242. The number of anilines is 3.